The third-order valence-corrected chi connectivity index (χ3v) is 6.67. The zero-order chi connectivity index (χ0) is 25.8. The summed E-state index contributed by atoms with van der Waals surface area (Å²) in [4.78, 5) is 15.7. The second-order valence-corrected chi connectivity index (χ2v) is 8.72. The Bertz CT molecular complexity index is 1320. The van der Waals surface area contributed by atoms with Gasteiger partial charge in [-0.25, -0.2) is 19.3 Å². The summed E-state index contributed by atoms with van der Waals surface area (Å²) in [5.74, 6) is 2.20. The highest BCUT2D eigenvalue weighted by Crippen LogP contribution is 2.33. The van der Waals surface area contributed by atoms with Crippen LogP contribution in [0.4, 0.5) is 15.9 Å². The van der Waals surface area contributed by atoms with E-state index < -0.39 is 0 Å². The molecule has 3 aromatic heterocycles. The fourth-order valence-electron chi connectivity index (χ4n) is 5.09. The Kier molecular flexibility index (Phi) is 7.84. The van der Waals surface area contributed by atoms with Crippen molar-refractivity contribution in [3.05, 3.63) is 60.3 Å². The van der Waals surface area contributed by atoms with Gasteiger partial charge in [0.05, 0.1) is 17.1 Å². The van der Waals surface area contributed by atoms with Crippen molar-refractivity contribution in [2.75, 3.05) is 36.8 Å². The van der Waals surface area contributed by atoms with Gasteiger partial charge < -0.3 is 16.0 Å². The summed E-state index contributed by atoms with van der Waals surface area (Å²) in [5.41, 5.74) is 10.3. The van der Waals surface area contributed by atoms with Crippen LogP contribution in [0.5, 0.6) is 0 Å². The Hall–Kier alpha value is -3.52. The van der Waals surface area contributed by atoms with Gasteiger partial charge in [0.15, 0.2) is 5.65 Å². The lowest BCUT2D eigenvalue weighted by Crippen LogP contribution is -2.26. The molecule has 190 valence electrons. The molecular weight excluding hydrogens is 453 g/mol. The van der Waals surface area contributed by atoms with E-state index in [1.807, 2.05) is 69.5 Å². The molecule has 1 aromatic carbocycles. The summed E-state index contributed by atoms with van der Waals surface area (Å²) in [6, 6.07) is 12.9. The van der Waals surface area contributed by atoms with Gasteiger partial charge in [-0.1, -0.05) is 27.7 Å². The number of anilines is 2. The zero-order valence-electron chi connectivity index (χ0n) is 21.8. The molecule has 2 atom stereocenters. The largest absolute Gasteiger partial charge is 0.384 e. The first-order chi connectivity index (χ1) is 17.6. The molecule has 5 heterocycles. The highest BCUT2D eigenvalue weighted by molar-refractivity contribution is 5.78. The number of nitrogen functional groups attached to an aromatic ring is 1. The molecule has 0 aliphatic carbocycles. The molecule has 0 saturated carbocycles. The van der Waals surface area contributed by atoms with E-state index in [0.29, 0.717) is 34.7 Å². The smallest absolute Gasteiger partial charge is 0.165 e. The summed E-state index contributed by atoms with van der Waals surface area (Å²) in [5, 5.41) is 3.43. The third-order valence-electron chi connectivity index (χ3n) is 6.67. The number of fused-ring (bicyclic) bond motifs is 2. The number of nitrogens with one attached hydrogen (secondary N) is 1. The van der Waals surface area contributed by atoms with Gasteiger partial charge in [0.25, 0.3) is 0 Å². The number of rotatable bonds is 3. The van der Waals surface area contributed by atoms with Crippen LogP contribution in [0.1, 0.15) is 33.5 Å². The van der Waals surface area contributed by atoms with E-state index in [1.165, 1.54) is 0 Å². The van der Waals surface area contributed by atoms with Crippen LogP contribution in [0.25, 0.3) is 28.1 Å². The quantitative estimate of drug-likeness (QED) is 0.410. The average Bonchev–Trinajstić information content (AvgIpc) is 3.59. The van der Waals surface area contributed by atoms with Gasteiger partial charge in [-0.05, 0) is 55.2 Å². The number of hydrogen-bond acceptors (Lipinski definition) is 6. The molecule has 0 bridgehead atoms. The molecule has 8 heteroatoms. The zero-order valence-corrected chi connectivity index (χ0v) is 21.8. The van der Waals surface area contributed by atoms with E-state index in [0.717, 1.165) is 48.8 Å². The van der Waals surface area contributed by atoms with Crippen LogP contribution in [0, 0.1) is 24.6 Å². The summed E-state index contributed by atoms with van der Waals surface area (Å²) < 4.78 is 17.2. The van der Waals surface area contributed by atoms with Crippen molar-refractivity contribution >= 4 is 22.7 Å². The molecule has 7 nitrogen and oxygen atoms in total. The van der Waals surface area contributed by atoms with Gasteiger partial charge in [0.2, 0.25) is 0 Å². The predicted octanol–water partition coefficient (Wildman–Crippen LogP) is 5.22. The molecule has 2 aliphatic heterocycles. The summed E-state index contributed by atoms with van der Waals surface area (Å²) >= 11 is 0. The van der Waals surface area contributed by atoms with E-state index >= 15 is 4.39 Å². The van der Waals surface area contributed by atoms with Gasteiger partial charge in [-0.15, -0.1) is 0 Å². The summed E-state index contributed by atoms with van der Waals surface area (Å²) in [6.07, 6.45) is 1.66. The lowest BCUT2D eigenvalue weighted by atomic mass is 10.0. The highest BCUT2D eigenvalue weighted by Gasteiger charge is 2.36. The minimum absolute atomic E-state index is 0.213. The van der Waals surface area contributed by atoms with Gasteiger partial charge in [-0.2, -0.15) is 0 Å². The van der Waals surface area contributed by atoms with Crippen LogP contribution >= 0.6 is 0 Å². The number of imidazole rings is 1. The Morgan fingerprint density at radius 1 is 0.944 bits per heavy atom. The maximum absolute atomic E-state index is 15.3. The number of nitrogens with two attached hydrogens (primary N) is 1. The first-order valence-corrected chi connectivity index (χ1v) is 12.9. The molecule has 0 amide bonds. The molecule has 3 N–H and O–H groups in total. The number of benzene rings is 1. The van der Waals surface area contributed by atoms with Crippen LogP contribution < -0.4 is 16.0 Å². The molecular formula is C28H36FN7. The number of hydrogen-bond donors (Lipinski definition) is 2. The standard InChI is InChI=1S/C24H24FN7.2C2H6/c1-14-29-21-4-3-20(15-6-7-28-23(26)8-15)30-24(21)32(14)18-2-5-22(19(25)9-18)31-12-16-10-27-11-17(16)13-31;2*1-2/h2-9,16-17,27H,10-13H2,1H3,(H2,26,28);2*1-2H3/t16-,17+;;. The molecule has 0 unspecified atom stereocenters. The Morgan fingerprint density at radius 2 is 1.67 bits per heavy atom. The number of nitrogens with zero attached hydrogens (tertiary/aromatic N) is 5. The van der Waals surface area contributed by atoms with Gasteiger partial charge in [-0.3, -0.25) is 4.57 Å². The van der Waals surface area contributed by atoms with E-state index in [4.69, 9.17) is 10.7 Å². The minimum atomic E-state index is -0.213. The molecule has 36 heavy (non-hydrogen) atoms. The first-order valence-electron chi connectivity index (χ1n) is 12.9. The van der Waals surface area contributed by atoms with E-state index in [-0.39, 0.29) is 5.82 Å². The fourth-order valence-corrected chi connectivity index (χ4v) is 5.09. The SMILES string of the molecule is CC.CC.Cc1nc2ccc(-c3ccnc(N)c3)nc2n1-c1ccc(N2C[C@H]3CNC[C@H]3C2)c(F)c1. The number of pyridine rings is 2. The Morgan fingerprint density at radius 3 is 2.33 bits per heavy atom. The van der Waals surface area contributed by atoms with E-state index in [1.54, 1.807) is 18.3 Å². The van der Waals surface area contributed by atoms with Crippen LogP contribution in [0.3, 0.4) is 0 Å². The van der Waals surface area contributed by atoms with Crippen LogP contribution in [-0.4, -0.2) is 45.7 Å². The summed E-state index contributed by atoms with van der Waals surface area (Å²) in [7, 11) is 0. The number of aromatic nitrogens is 4. The second kappa shape index (κ2) is 11.0. The van der Waals surface area contributed by atoms with Crippen LogP contribution in [0.2, 0.25) is 0 Å². The molecule has 6 rings (SSSR count). The molecule has 2 fully saturated rings. The van der Waals surface area contributed by atoms with Crippen molar-refractivity contribution in [1.29, 1.82) is 0 Å². The minimum Gasteiger partial charge on any atom is -0.384 e. The van der Waals surface area contributed by atoms with Gasteiger partial charge in [0.1, 0.15) is 23.0 Å². The van der Waals surface area contributed by atoms with Crippen LogP contribution in [0.15, 0.2) is 48.7 Å². The van der Waals surface area contributed by atoms with Crippen molar-refractivity contribution in [1.82, 2.24) is 24.8 Å². The monoisotopic (exact) mass is 489 g/mol. The van der Waals surface area contributed by atoms with Crippen molar-refractivity contribution in [3.63, 3.8) is 0 Å². The molecule has 2 saturated heterocycles. The van der Waals surface area contributed by atoms with Crippen molar-refractivity contribution in [2.45, 2.75) is 34.6 Å². The van der Waals surface area contributed by atoms with E-state index in [2.05, 4.69) is 20.2 Å². The lowest BCUT2D eigenvalue weighted by Gasteiger charge is -2.21. The number of aryl methyl sites for hydroxylation is 1. The topological polar surface area (TPSA) is 84.9 Å². The molecule has 0 radical (unpaired) electrons. The molecule has 2 aliphatic rings. The third kappa shape index (κ3) is 4.78. The average molecular weight is 490 g/mol. The number of halogens is 1. The van der Waals surface area contributed by atoms with Crippen molar-refractivity contribution in [3.8, 4) is 16.9 Å². The maximum Gasteiger partial charge on any atom is 0.165 e. The Labute approximate surface area is 212 Å². The second-order valence-electron chi connectivity index (χ2n) is 8.72. The Balaban J connectivity index is 0.000000726. The van der Waals surface area contributed by atoms with Gasteiger partial charge in [0, 0.05) is 44.0 Å². The lowest BCUT2D eigenvalue weighted by molar-refractivity contribution is 0.533. The normalized spacial score (nSPS) is 18.3. The maximum atomic E-state index is 15.3. The predicted molar refractivity (Wildman–Crippen MR) is 146 cm³/mol. The van der Waals surface area contributed by atoms with Crippen molar-refractivity contribution in [2.24, 2.45) is 11.8 Å². The summed E-state index contributed by atoms with van der Waals surface area (Å²) in [6.45, 7) is 13.8. The van der Waals surface area contributed by atoms with Crippen LogP contribution in [-0.2, 0) is 0 Å². The van der Waals surface area contributed by atoms with Gasteiger partial charge >= 0.3 is 0 Å². The first kappa shape index (κ1) is 25.6. The molecule has 4 aromatic rings. The molecule has 0 spiro atoms. The van der Waals surface area contributed by atoms with E-state index in [9.17, 15) is 0 Å². The highest BCUT2D eigenvalue weighted by atomic mass is 19.1. The fraction of sp³-hybridized carbons (Fsp3) is 0.393. The van der Waals surface area contributed by atoms with Crippen molar-refractivity contribution < 1.29 is 4.39 Å².